The Bertz CT molecular complexity index is 3020. The number of aromatic nitrogens is 4. The highest BCUT2D eigenvalue weighted by atomic mass is 32.1. The summed E-state index contributed by atoms with van der Waals surface area (Å²) in [6.07, 6.45) is -0.288. The monoisotopic (exact) mass is 981 g/mol. The van der Waals surface area contributed by atoms with Crippen LogP contribution in [-0.4, -0.2) is 107 Å². The lowest BCUT2D eigenvalue weighted by Gasteiger charge is -2.36. The second kappa shape index (κ2) is 19.4. The molecule has 0 bridgehead atoms. The van der Waals surface area contributed by atoms with Crippen molar-refractivity contribution in [3.8, 4) is 26.6 Å². The van der Waals surface area contributed by atoms with Gasteiger partial charge in [-0.25, -0.2) is 4.98 Å². The van der Waals surface area contributed by atoms with Gasteiger partial charge in [0.15, 0.2) is 5.82 Å². The Hall–Kier alpha value is -6.40. The summed E-state index contributed by atoms with van der Waals surface area (Å²) in [5, 5.41) is 36.4. The molecule has 17 heteroatoms. The van der Waals surface area contributed by atoms with E-state index >= 15 is 0 Å². The van der Waals surface area contributed by atoms with Gasteiger partial charge >= 0.3 is 5.97 Å². The SMILES string of the molecule is Cc1ncsc1-c1ccc(C(C)NC(=O)[C@@H]2C[C@@H](O)CN2C(=O)C(NC(=O)CN2CCc3c(cccc3-c3ccc(C4=N[C@@H](CC(=O)O)c5nnc(C)n5-c5sc(C)c(C)c54)cc3)C2)C(C)(C)C)cc1. The molecular weight excluding hydrogens is 923 g/mol. The van der Waals surface area contributed by atoms with Crippen molar-refractivity contribution < 1.29 is 29.4 Å². The van der Waals surface area contributed by atoms with Gasteiger partial charge in [0.25, 0.3) is 0 Å². The van der Waals surface area contributed by atoms with Gasteiger partial charge in [-0.15, -0.1) is 32.9 Å². The van der Waals surface area contributed by atoms with Crippen LogP contribution in [0.2, 0.25) is 0 Å². The van der Waals surface area contributed by atoms with Crippen LogP contribution in [0.4, 0.5) is 0 Å². The number of thiazole rings is 1. The number of hydrogen-bond acceptors (Lipinski definition) is 12. The van der Waals surface area contributed by atoms with Gasteiger partial charge in [0.2, 0.25) is 17.7 Å². The highest BCUT2D eigenvalue weighted by molar-refractivity contribution is 7.15. The molecule has 2 unspecified atom stereocenters. The van der Waals surface area contributed by atoms with E-state index in [1.54, 1.807) is 22.7 Å². The molecule has 0 aliphatic carbocycles. The van der Waals surface area contributed by atoms with E-state index in [9.17, 15) is 29.4 Å². The molecule has 0 radical (unpaired) electrons. The number of rotatable bonds is 12. The molecule has 70 heavy (non-hydrogen) atoms. The van der Waals surface area contributed by atoms with E-state index in [0.717, 1.165) is 70.7 Å². The third-order valence-electron chi connectivity index (χ3n) is 13.8. The van der Waals surface area contributed by atoms with Gasteiger partial charge in [0, 0.05) is 42.1 Å². The second-order valence-electron chi connectivity index (χ2n) is 19.9. The Morgan fingerprint density at radius 2 is 1.63 bits per heavy atom. The molecule has 364 valence electrons. The van der Waals surface area contributed by atoms with Crippen molar-refractivity contribution in [1.29, 1.82) is 0 Å². The summed E-state index contributed by atoms with van der Waals surface area (Å²) in [6, 6.07) is 19.6. The number of β-amino-alcohol motifs (C(OH)–C–C–N with tert-alkyl or cyclic N) is 1. The van der Waals surface area contributed by atoms with Crippen molar-refractivity contribution >= 4 is 52.1 Å². The predicted molar refractivity (Wildman–Crippen MR) is 271 cm³/mol. The number of nitrogens with one attached hydrogen (secondary N) is 2. The molecule has 1 saturated heterocycles. The number of aliphatic hydroxyl groups excluding tert-OH is 1. The van der Waals surface area contributed by atoms with Crippen LogP contribution in [0, 0.1) is 33.1 Å². The summed E-state index contributed by atoms with van der Waals surface area (Å²) in [7, 11) is 0. The van der Waals surface area contributed by atoms with Crippen LogP contribution in [0.25, 0.3) is 26.6 Å². The van der Waals surface area contributed by atoms with E-state index in [-0.39, 0.29) is 43.8 Å². The predicted octanol–water partition coefficient (Wildman–Crippen LogP) is 7.45. The summed E-state index contributed by atoms with van der Waals surface area (Å²) < 4.78 is 1.96. The number of aryl methyl sites for hydroxylation is 3. The first kappa shape index (κ1) is 48.6. The highest BCUT2D eigenvalue weighted by Crippen LogP contribution is 2.40. The number of carbonyl (C=O) groups excluding carboxylic acids is 3. The molecule has 6 aromatic rings. The van der Waals surface area contributed by atoms with Crippen molar-refractivity contribution in [2.75, 3.05) is 19.6 Å². The number of carbonyl (C=O) groups is 4. The topological polar surface area (TPSA) is 195 Å². The summed E-state index contributed by atoms with van der Waals surface area (Å²) in [6.45, 7) is 16.8. The van der Waals surface area contributed by atoms with Crippen molar-refractivity contribution in [1.82, 2.24) is 40.2 Å². The second-order valence-corrected chi connectivity index (χ2v) is 21.9. The van der Waals surface area contributed by atoms with Crippen LogP contribution in [-0.2, 0) is 32.1 Å². The Morgan fingerprint density at radius 3 is 2.31 bits per heavy atom. The van der Waals surface area contributed by atoms with Gasteiger partial charge in [-0.3, -0.25) is 33.6 Å². The number of aliphatic carboxylic acids is 1. The molecule has 3 aliphatic rings. The van der Waals surface area contributed by atoms with Crippen LogP contribution in [0.15, 0.2) is 77.2 Å². The number of aliphatic imine (C=N–C) groups is 1. The fourth-order valence-electron chi connectivity index (χ4n) is 10.00. The van der Waals surface area contributed by atoms with Crippen molar-refractivity contribution in [3.05, 3.63) is 128 Å². The third-order valence-corrected chi connectivity index (χ3v) is 16.0. The average molecular weight is 982 g/mol. The quantitative estimate of drug-likeness (QED) is 0.0957. The van der Waals surface area contributed by atoms with Gasteiger partial charge in [0.1, 0.15) is 29.0 Å². The number of likely N-dealkylation sites (tertiary alicyclic amines) is 1. The molecule has 3 aromatic heterocycles. The number of carboxylic acid groups (broad SMARTS) is 1. The molecule has 0 spiro atoms. The molecule has 6 heterocycles. The fraction of sp³-hybridized carbons (Fsp3) is 0.396. The number of nitrogens with zero attached hydrogens (tertiary/aromatic N) is 7. The van der Waals surface area contributed by atoms with E-state index in [1.165, 1.54) is 10.5 Å². The van der Waals surface area contributed by atoms with Crippen LogP contribution in [0.1, 0.15) is 108 Å². The van der Waals surface area contributed by atoms with Crippen molar-refractivity contribution in [2.24, 2.45) is 10.4 Å². The Morgan fingerprint density at radius 1 is 0.914 bits per heavy atom. The molecule has 15 nitrogen and oxygen atoms in total. The Kier molecular flexibility index (Phi) is 13.5. The maximum absolute atomic E-state index is 14.4. The summed E-state index contributed by atoms with van der Waals surface area (Å²) in [5.74, 6) is -0.821. The molecule has 0 saturated carbocycles. The van der Waals surface area contributed by atoms with E-state index in [4.69, 9.17) is 4.99 Å². The van der Waals surface area contributed by atoms with Crippen LogP contribution >= 0.6 is 22.7 Å². The average Bonchev–Trinajstić information content (AvgIpc) is 4.09. The Balaban J connectivity index is 0.865. The summed E-state index contributed by atoms with van der Waals surface area (Å²) in [4.78, 5) is 69.4. The Labute approximate surface area is 415 Å². The molecule has 5 atom stereocenters. The van der Waals surface area contributed by atoms with Gasteiger partial charge < -0.3 is 25.7 Å². The van der Waals surface area contributed by atoms with Gasteiger partial charge in [0.05, 0.1) is 46.9 Å². The van der Waals surface area contributed by atoms with Crippen LogP contribution < -0.4 is 10.6 Å². The van der Waals surface area contributed by atoms with E-state index in [2.05, 4.69) is 81.0 Å². The number of thiophene rings is 1. The number of aliphatic hydroxyl groups is 1. The number of amides is 3. The molecule has 9 rings (SSSR count). The minimum atomic E-state index is -0.964. The summed E-state index contributed by atoms with van der Waals surface area (Å²) >= 11 is 3.21. The van der Waals surface area contributed by atoms with Crippen LogP contribution in [0.5, 0.6) is 0 Å². The normalized spacial score (nSPS) is 18.8. The number of hydrogen-bond donors (Lipinski definition) is 4. The third kappa shape index (κ3) is 9.59. The molecule has 3 aromatic carbocycles. The van der Waals surface area contributed by atoms with E-state index in [1.807, 2.05) is 82.0 Å². The minimum absolute atomic E-state index is 0.00807. The number of benzene rings is 3. The molecule has 3 amide bonds. The zero-order chi connectivity index (χ0) is 49.8. The lowest BCUT2D eigenvalue weighted by molar-refractivity contribution is -0.144. The molecular formula is C53H59N9O6S2. The van der Waals surface area contributed by atoms with Gasteiger partial charge in [-0.05, 0) is 85.4 Å². The van der Waals surface area contributed by atoms with Crippen molar-refractivity contribution in [2.45, 2.75) is 111 Å². The minimum Gasteiger partial charge on any atom is -0.481 e. The summed E-state index contributed by atoms with van der Waals surface area (Å²) in [5.41, 5.74) is 12.1. The molecule has 1 fully saturated rings. The number of carboxylic acids is 1. The zero-order valence-corrected chi connectivity index (χ0v) is 42.4. The lowest BCUT2D eigenvalue weighted by atomic mass is 9.85. The standard InChI is InChI=1S/C53H59N9O6S2/c1-28-31(4)70-52-45(28)46(56-41(23-44(65)66)49-59-58-32(5)62(49)52)35-16-14-34(15-17-35)39-11-9-10-37-24-60(21-20-40(37)39)26-43(64)57-48(53(6,7)8)51(68)61-25-38(63)22-42(61)50(67)55-29(2)33-12-18-36(19-13-33)47-30(3)54-27-69-47/h9-19,27,29,38,41-42,48,63H,20-26H2,1-8H3,(H,55,67)(H,57,64)(H,65,66)/t29?,38-,41+,42+,48?/m1/s1. The lowest BCUT2D eigenvalue weighted by Crippen LogP contribution is -2.58. The maximum atomic E-state index is 14.4. The maximum Gasteiger partial charge on any atom is 0.306 e. The zero-order valence-electron chi connectivity index (χ0n) is 40.7. The molecule has 3 aliphatic heterocycles. The first-order valence-corrected chi connectivity index (χ1v) is 25.4. The van der Waals surface area contributed by atoms with Crippen LogP contribution in [0.3, 0.4) is 0 Å². The van der Waals surface area contributed by atoms with Gasteiger partial charge in [-0.2, -0.15) is 0 Å². The first-order valence-electron chi connectivity index (χ1n) is 23.7. The smallest absolute Gasteiger partial charge is 0.306 e. The fourth-order valence-corrected chi connectivity index (χ4v) is 12.0. The highest BCUT2D eigenvalue weighted by Gasteiger charge is 2.45. The first-order chi connectivity index (χ1) is 33.4. The van der Waals surface area contributed by atoms with E-state index in [0.29, 0.717) is 31.2 Å². The van der Waals surface area contributed by atoms with Gasteiger partial charge in [-0.1, -0.05) is 87.5 Å². The van der Waals surface area contributed by atoms with E-state index < -0.39 is 41.5 Å². The van der Waals surface area contributed by atoms with Crippen molar-refractivity contribution in [3.63, 3.8) is 0 Å². The number of fused-ring (bicyclic) bond motifs is 4. The largest absolute Gasteiger partial charge is 0.481 e. The molecule has 4 N–H and O–H groups in total.